The Hall–Kier alpha value is -1.89. The Kier molecular flexibility index (Phi) is 5.48. The second kappa shape index (κ2) is 6.71. The van der Waals surface area contributed by atoms with Crippen LogP contribution in [0.2, 0.25) is 0 Å². The average molecular weight is 314 g/mol. The number of rotatable bonds is 6. The topological polar surface area (TPSA) is 82.1 Å². The van der Waals surface area contributed by atoms with Crippen molar-refractivity contribution in [1.29, 1.82) is 0 Å². The van der Waals surface area contributed by atoms with Crippen LogP contribution >= 0.6 is 11.8 Å². The van der Waals surface area contributed by atoms with Gasteiger partial charge in [0.05, 0.1) is 21.3 Å². The summed E-state index contributed by atoms with van der Waals surface area (Å²) in [5.41, 5.74) is 0.281. The molecule has 0 saturated carbocycles. The van der Waals surface area contributed by atoms with Gasteiger partial charge in [0.15, 0.2) is 11.5 Å². The molecule has 0 fully saturated rings. The second-order valence-electron chi connectivity index (χ2n) is 4.62. The summed E-state index contributed by atoms with van der Waals surface area (Å²) in [4.78, 5) is 23.3. The number of carbonyl (C=O) groups is 2. The number of ether oxygens (including phenoxy) is 3. The van der Waals surface area contributed by atoms with E-state index in [0.717, 1.165) is 11.8 Å². The van der Waals surface area contributed by atoms with Gasteiger partial charge in [-0.05, 0) is 26.0 Å². The molecule has 0 aliphatic carbocycles. The molecule has 21 heavy (non-hydrogen) atoms. The van der Waals surface area contributed by atoms with Gasteiger partial charge in [-0.2, -0.15) is 0 Å². The van der Waals surface area contributed by atoms with Crippen molar-refractivity contribution in [3.05, 3.63) is 17.7 Å². The molecular formula is C14H18O6S. The van der Waals surface area contributed by atoms with Crippen molar-refractivity contribution in [1.82, 2.24) is 0 Å². The summed E-state index contributed by atoms with van der Waals surface area (Å²) >= 11 is 0.725. The molecule has 7 heteroatoms. The van der Waals surface area contributed by atoms with Crippen LogP contribution in [0.1, 0.15) is 24.2 Å². The molecule has 1 N–H and O–H groups in total. The predicted octanol–water partition coefficient (Wildman–Crippen LogP) is 2.45. The van der Waals surface area contributed by atoms with Crippen LogP contribution in [0.25, 0.3) is 0 Å². The quantitative estimate of drug-likeness (QED) is 0.863. The van der Waals surface area contributed by atoms with Gasteiger partial charge in [-0.15, -0.1) is 0 Å². The van der Waals surface area contributed by atoms with Crippen molar-refractivity contribution < 1.29 is 28.9 Å². The van der Waals surface area contributed by atoms with E-state index in [9.17, 15) is 9.59 Å². The summed E-state index contributed by atoms with van der Waals surface area (Å²) in [6.45, 7) is 2.94. The Labute approximate surface area is 127 Å². The van der Waals surface area contributed by atoms with E-state index in [1.54, 1.807) is 0 Å². The number of carboxylic acid groups (broad SMARTS) is 1. The van der Waals surface area contributed by atoms with Crippen molar-refractivity contribution in [3.63, 3.8) is 0 Å². The van der Waals surface area contributed by atoms with Gasteiger partial charge in [-0.1, -0.05) is 11.8 Å². The third-order valence-corrected chi connectivity index (χ3v) is 3.87. The van der Waals surface area contributed by atoms with E-state index in [-0.39, 0.29) is 10.7 Å². The average Bonchev–Trinajstić information content (AvgIpc) is 2.44. The number of aliphatic carboxylic acids is 1. The van der Waals surface area contributed by atoms with Gasteiger partial charge in [0, 0.05) is 5.56 Å². The Morgan fingerprint density at radius 1 is 1.05 bits per heavy atom. The Balaban J connectivity index is 3.19. The van der Waals surface area contributed by atoms with Gasteiger partial charge in [0.1, 0.15) is 4.75 Å². The third kappa shape index (κ3) is 3.81. The first-order valence-corrected chi connectivity index (χ1v) is 6.85. The summed E-state index contributed by atoms with van der Waals surface area (Å²) in [5, 5.41) is 8.69. The Bertz CT molecular complexity index is 527. The SMILES string of the molecule is COc1cc(C(=O)SC(C)(C)C(=O)O)cc(OC)c1OC. The van der Waals surface area contributed by atoms with Crippen LogP contribution in [0.5, 0.6) is 17.2 Å². The van der Waals surface area contributed by atoms with Crippen molar-refractivity contribution in [2.24, 2.45) is 0 Å². The lowest BCUT2D eigenvalue weighted by Gasteiger charge is -2.18. The number of carboxylic acids is 1. The van der Waals surface area contributed by atoms with Crippen molar-refractivity contribution in [3.8, 4) is 17.2 Å². The van der Waals surface area contributed by atoms with Gasteiger partial charge in [-0.25, -0.2) is 0 Å². The molecule has 116 valence electrons. The van der Waals surface area contributed by atoms with Crippen LogP contribution in [0.3, 0.4) is 0 Å². The van der Waals surface area contributed by atoms with Crippen molar-refractivity contribution in [2.45, 2.75) is 18.6 Å². The maximum Gasteiger partial charge on any atom is 0.319 e. The van der Waals surface area contributed by atoms with E-state index in [2.05, 4.69) is 0 Å². The van der Waals surface area contributed by atoms with Gasteiger partial charge in [0.25, 0.3) is 0 Å². The fourth-order valence-electron chi connectivity index (χ4n) is 1.53. The van der Waals surface area contributed by atoms with Crippen molar-refractivity contribution >= 4 is 22.8 Å². The molecule has 0 aliphatic rings. The fraction of sp³-hybridized carbons (Fsp3) is 0.429. The second-order valence-corrected chi connectivity index (χ2v) is 6.21. The van der Waals surface area contributed by atoms with E-state index in [1.807, 2.05) is 0 Å². The molecule has 6 nitrogen and oxygen atoms in total. The first-order valence-electron chi connectivity index (χ1n) is 6.03. The van der Waals surface area contributed by atoms with E-state index >= 15 is 0 Å². The number of thioether (sulfide) groups is 1. The maximum atomic E-state index is 12.2. The summed E-state index contributed by atoms with van der Waals surface area (Å²) in [6, 6.07) is 2.99. The largest absolute Gasteiger partial charge is 0.493 e. The molecule has 1 rings (SSSR count). The lowest BCUT2D eigenvalue weighted by Crippen LogP contribution is -2.28. The summed E-state index contributed by atoms with van der Waals surface area (Å²) in [5.74, 6) is -0.00445. The highest BCUT2D eigenvalue weighted by atomic mass is 32.2. The van der Waals surface area contributed by atoms with E-state index < -0.39 is 10.7 Å². The highest BCUT2D eigenvalue weighted by Crippen LogP contribution is 2.40. The Morgan fingerprint density at radius 3 is 1.86 bits per heavy atom. The zero-order valence-corrected chi connectivity index (χ0v) is 13.4. The van der Waals surface area contributed by atoms with Crippen LogP contribution in [0, 0.1) is 0 Å². The van der Waals surface area contributed by atoms with Crippen LogP contribution in [-0.2, 0) is 4.79 Å². The van der Waals surface area contributed by atoms with Gasteiger partial charge in [0.2, 0.25) is 10.9 Å². The molecule has 0 spiro atoms. The third-order valence-electron chi connectivity index (χ3n) is 2.76. The minimum atomic E-state index is -1.22. The Morgan fingerprint density at radius 2 is 1.52 bits per heavy atom. The smallest absolute Gasteiger partial charge is 0.319 e. The molecule has 0 saturated heterocycles. The van der Waals surface area contributed by atoms with E-state index in [4.69, 9.17) is 19.3 Å². The highest BCUT2D eigenvalue weighted by molar-refractivity contribution is 8.15. The first kappa shape index (κ1) is 17.2. The van der Waals surface area contributed by atoms with E-state index in [1.165, 1.54) is 47.3 Å². The molecule has 0 amide bonds. The van der Waals surface area contributed by atoms with Gasteiger partial charge >= 0.3 is 5.97 Å². The molecule has 0 aliphatic heterocycles. The fourth-order valence-corrected chi connectivity index (χ4v) is 2.32. The zero-order valence-electron chi connectivity index (χ0n) is 12.6. The highest BCUT2D eigenvalue weighted by Gasteiger charge is 2.32. The lowest BCUT2D eigenvalue weighted by atomic mass is 10.2. The van der Waals surface area contributed by atoms with Crippen molar-refractivity contribution in [2.75, 3.05) is 21.3 Å². The van der Waals surface area contributed by atoms with Gasteiger partial charge in [-0.3, -0.25) is 9.59 Å². The molecule has 0 radical (unpaired) electrons. The van der Waals surface area contributed by atoms with Crippen LogP contribution in [0.15, 0.2) is 12.1 Å². The minimum absolute atomic E-state index is 0.281. The molecular weight excluding hydrogens is 296 g/mol. The lowest BCUT2D eigenvalue weighted by molar-refractivity contribution is -0.138. The standard InChI is InChI=1S/C14H18O6S/c1-14(2,13(16)17)21-12(15)8-6-9(18-3)11(20-5)10(7-8)19-4/h6-7H,1-5H3,(H,16,17). The molecule has 0 unspecified atom stereocenters. The van der Waals surface area contributed by atoms with E-state index in [0.29, 0.717) is 17.2 Å². The predicted molar refractivity (Wildman–Crippen MR) is 79.7 cm³/mol. The van der Waals surface area contributed by atoms with Crippen LogP contribution in [0.4, 0.5) is 0 Å². The summed E-state index contributed by atoms with van der Waals surface area (Å²) < 4.78 is 14.3. The number of hydrogen-bond donors (Lipinski definition) is 1. The maximum absolute atomic E-state index is 12.2. The molecule has 0 aromatic heterocycles. The van der Waals surface area contributed by atoms with Crippen LogP contribution < -0.4 is 14.2 Å². The monoisotopic (exact) mass is 314 g/mol. The number of hydrogen-bond acceptors (Lipinski definition) is 6. The molecule has 0 heterocycles. The van der Waals surface area contributed by atoms with Crippen LogP contribution in [-0.4, -0.2) is 42.3 Å². The minimum Gasteiger partial charge on any atom is -0.493 e. The molecule has 1 aromatic rings. The number of carbonyl (C=O) groups excluding carboxylic acids is 1. The molecule has 0 bridgehead atoms. The normalized spacial score (nSPS) is 10.9. The van der Waals surface area contributed by atoms with Gasteiger partial charge < -0.3 is 19.3 Å². The summed E-state index contributed by atoms with van der Waals surface area (Å²) in [6.07, 6.45) is 0. The zero-order chi connectivity index (χ0) is 16.2. The number of methoxy groups -OCH3 is 3. The molecule has 1 aromatic carbocycles. The number of benzene rings is 1. The first-order chi connectivity index (χ1) is 9.76. The molecule has 0 atom stereocenters. The summed E-state index contributed by atoms with van der Waals surface area (Å²) in [7, 11) is 4.35.